The maximum atomic E-state index is 12.8. The number of aryl methyl sites for hydroxylation is 1. The third-order valence-electron chi connectivity index (χ3n) is 3.58. The average Bonchev–Trinajstić information content (AvgIpc) is 2.56. The first-order valence-corrected chi connectivity index (χ1v) is 9.48. The van der Waals surface area contributed by atoms with Crippen molar-refractivity contribution in [1.82, 2.24) is 0 Å². The van der Waals surface area contributed by atoms with E-state index in [1.165, 1.54) is 18.2 Å². The third-order valence-corrected chi connectivity index (χ3v) is 4.97. The van der Waals surface area contributed by atoms with Crippen LogP contribution in [-0.4, -0.2) is 20.9 Å². The molecule has 134 valence electrons. The van der Waals surface area contributed by atoms with E-state index >= 15 is 0 Å². The zero-order valence-electron chi connectivity index (χ0n) is 14.3. The molecule has 0 aliphatic carbocycles. The van der Waals surface area contributed by atoms with Crippen LogP contribution in [0.1, 0.15) is 35.7 Å². The molecule has 1 amide bonds. The summed E-state index contributed by atoms with van der Waals surface area (Å²) in [6.07, 6.45) is 1.77. The fourth-order valence-electron chi connectivity index (χ4n) is 2.26. The highest BCUT2D eigenvalue weighted by Crippen LogP contribution is 2.28. The number of hydrogen-bond donors (Lipinski definition) is 2. The fourth-order valence-corrected chi connectivity index (χ4v) is 3.57. The van der Waals surface area contributed by atoms with Crippen LogP contribution < -0.4 is 15.2 Å². The summed E-state index contributed by atoms with van der Waals surface area (Å²) in [5.41, 5.74) is 6.33. The predicted octanol–water partition coefficient (Wildman–Crippen LogP) is 3.07. The highest BCUT2D eigenvalue weighted by Gasteiger charge is 2.22. The smallest absolute Gasteiger partial charge is 0.265 e. The molecule has 2 aromatic carbocycles. The predicted molar refractivity (Wildman–Crippen MR) is 97.4 cm³/mol. The molecule has 0 saturated heterocycles. The molecule has 2 rings (SSSR count). The van der Waals surface area contributed by atoms with E-state index in [9.17, 15) is 13.2 Å². The quantitative estimate of drug-likeness (QED) is 0.705. The minimum atomic E-state index is -3.94. The van der Waals surface area contributed by atoms with Gasteiger partial charge in [-0.3, -0.25) is 9.52 Å². The van der Waals surface area contributed by atoms with Gasteiger partial charge < -0.3 is 10.5 Å². The Kier molecular flexibility index (Phi) is 6.03. The maximum Gasteiger partial charge on any atom is 0.265 e. The van der Waals surface area contributed by atoms with Crippen molar-refractivity contribution in [2.24, 2.45) is 5.73 Å². The number of benzene rings is 2. The van der Waals surface area contributed by atoms with E-state index in [-0.39, 0.29) is 21.9 Å². The number of para-hydroxylation sites is 1. The molecule has 6 nitrogen and oxygen atoms in total. The number of carbonyl (C=O) groups is 1. The number of ether oxygens (including phenoxy) is 1. The second kappa shape index (κ2) is 8.02. The Balaban J connectivity index is 2.40. The van der Waals surface area contributed by atoms with Crippen LogP contribution in [0, 0.1) is 6.92 Å². The SMILES string of the molecule is CCCCOc1ccc(C)cc1S(=O)(=O)Nc1ccccc1C(N)=O. The van der Waals surface area contributed by atoms with E-state index in [0.717, 1.165) is 18.4 Å². The molecule has 2 aromatic rings. The number of nitrogens with one attached hydrogen (secondary N) is 1. The lowest BCUT2D eigenvalue weighted by molar-refractivity contribution is 0.100. The number of rotatable bonds is 8. The first kappa shape index (κ1) is 18.8. The van der Waals surface area contributed by atoms with Crippen molar-refractivity contribution in [3.63, 3.8) is 0 Å². The number of unbranched alkanes of at least 4 members (excludes halogenated alkanes) is 1. The molecule has 0 aromatic heterocycles. The number of amides is 1. The van der Waals surface area contributed by atoms with Crippen molar-refractivity contribution in [2.45, 2.75) is 31.6 Å². The van der Waals surface area contributed by atoms with Gasteiger partial charge >= 0.3 is 0 Å². The normalized spacial score (nSPS) is 11.1. The van der Waals surface area contributed by atoms with Gasteiger partial charge in [0.15, 0.2) is 0 Å². The summed E-state index contributed by atoms with van der Waals surface area (Å²) in [5.74, 6) is -0.426. The van der Waals surface area contributed by atoms with Crippen LogP contribution in [0.2, 0.25) is 0 Å². The zero-order valence-corrected chi connectivity index (χ0v) is 15.1. The van der Waals surface area contributed by atoms with E-state index < -0.39 is 15.9 Å². The van der Waals surface area contributed by atoms with Gasteiger partial charge in [0.05, 0.1) is 17.9 Å². The topological polar surface area (TPSA) is 98.5 Å². The lowest BCUT2D eigenvalue weighted by atomic mass is 10.2. The Morgan fingerprint density at radius 3 is 2.60 bits per heavy atom. The van der Waals surface area contributed by atoms with Crippen molar-refractivity contribution in [3.05, 3.63) is 53.6 Å². The number of nitrogens with two attached hydrogens (primary N) is 1. The van der Waals surface area contributed by atoms with Gasteiger partial charge in [-0.05, 0) is 43.2 Å². The number of sulfonamides is 1. The molecule has 0 fully saturated rings. The summed E-state index contributed by atoms with van der Waals surface area (Å²) in [6, 6.07) is 11.2. The van der Waals surface area contributed by atoms with Gasteiger partial charge in [-0.15, -0.1) is 0 Å². The highest BCUT2D eigenvalue weighted by molar-refractivity contribution is 7.92. The summed E-state index contributed by atoms with van der Waals surface area (Å²) in [4.78, 5) is 11.5. The van der Waals surface area contributed by atoms with Crippen molar-refractivity contribution in [2.75, 3.05) is 11.3 Å². The second-order valence-electron chi connectivity index (χ2n) is 5.67. The molecule has 0 heterocycles. The molecule has 0 saturated carbocycles. The minimum absolute atomic E-state index is 0.0304. The van der Waals surface area contributed by atoms with Gasteiger partial charge in [0.2, 0.25) is 0 Å². The third kappa shape index (κ3) is 4.73. The lowest BCUT2D eigenvalue weighted by Crippen LogP contribution is -2.19. The van der Waals surface area contributed by atoms with Gasteiger partial charge in [0.25, 0.3) is 15.9 Å². The van der Waals surface area contributed by atoms with E-state index in [0.29, 0.717) is 6.61 Å². The monoisotopic (exact) mass is 362 g/mol. The van der Waals surface area contributed by atoms with E-state index in [2.05, 4.69) is 4.72 Å². The van der Waals surface area contributed by atoms with Gasteiger partial charge in [-0.25, -0.2) is 8.42 Å². The molecule has 3 N–H and O–H groups in total. The molecule has 0 aliphatic rings. The molecule has 0 radical (unpaired) electrons. The molecule has 0 atom stereocenters. The van der Waals surface area contributed by atoms with Crippen LogP contribution in [0.4, 0.5) is 5.69 Å². The van der Waals surface area contributed by atoms with E-state index in [1.54, 1.807) is 31.2 Å². The molecule has 0 aliphatic heterocycles. The number of hydrogen-bond acceptors (Lipinski definition) is 4. The zero-order chi connectivity index (χ0) is 18.4. The summed E-state index contributed by atoms with van der Waals surface area (Å²) < 4.78 is 33.7. The average molecular weight is 362 g/mol. The lowest BCUT2D eigenvalue weighted by Gasteiger charge is -2.15. The Bertz CT molecular complexity index is 863. The van der Waals surface area contributed by atoms with Gasteiger partial charge in [0, 0.05) is 0 Å². The second-order valence-corrected chi connectivity index (χ2v) is 7.32. The first-order chi connectivity index (χ1) is 11.8. The minimum Gasteiger partial charge on any atom is -0.492 e. The van der Waals surface area contributed by atoms with E-state index in [4.69, 9.17) is 10.5 Å². The molecular weight excluding hydrogens is 340 g/mol. The molecule has 0 unspecified atom stereocenters. The molecular formula is C18H22N2O4S. The van der Waals surface area contributed by atoms with Gasteiger partial charge in [-0.1, -0.05) is 31.5 Å². The summed E-state index contributed by atoms with van der Waals surface area (Å²) in [7, 11) is -3.94. The van der Waals surface area contributed by atoms with Crippen molar-refractivity contribution >= 4 is 21.6 Å². The number of carbonyl (C=O) groups excluding carboxylic acids is 1. The first-order valence-electron chi connectivity index (χ1n) is 8.00. The molecule has 7 heteroatoms. The van der Waals surface area contributed by atoms with Gasteiger partial charge in [-0.2, -0.15) is 0 Å². The molecule has 0 spiro atoms. The van der Waals surface area contributed by atoms with Crippen molar-refractivity contribution < 1.29 is 17.9 Å². The van der Waals surface area contributed by atoms with Crippen LogP contribution >= 0.6 is 0 Å². The highest BCUT2D eigenvalue weighted by atomic mass is 32.2. The summed E-state index contributed by atoms with van der Waals surface area (Å²) in [5, 5.41) is 0. The summed E-state index contributed by atoms with van der Waals surface area (Å²) in [6.45, 7) is 4.25. The van der Waals surface area contributed by atoms with Crippen LogP contribution in [0.25, 0.3) is 0 Å². The number of anilines is 1. The Morgan fingerprint density at radius 1 is 1.20 bits per heavy atom. The molecule has 0 bridgehead atoms. The standard InChI is InChI=1S/C18H22N2O4S/c1-3-4-11-24-16-10-9-13(2)12-17(16)25(22,23)20-15-8-6-5-7-14(15)18(19)21/h5-10,12,20H,3-4,11H2,1-2H3,(H2,19,21). The van der Waals surface area contributed by atoms with Gasteiger partial charge in [0.1, 0.15) is 10.6 Å². The van der Waals surface area contributed by atoms with Crippen LogP contribution in [0.3, 0.4) is 0 Å². The number of primary amides is 1. The van der Waals surface area contributed by atoms with Crippen molar-refractivity contribution in [1.29, 1.82) is 0 Å². The van der Waals surface area contributed by atoms with Crippen LogP contribution in [-0.2, 0) is 10.0 Å². The van der Waals surface area contributed by atoms with Crippen LogP contribution in [0.15, 0.2) is 47.4 Å². The largest absolute Gasteiger partial charge is 0.492 e. The van der Waals surface area contributed by atoms with Crippen molar-refractivity contribution in [3.8, 4) is 5.75 Å². The summed E-state index contributed by atoms with van der Waals surface area (Å²) >= 11 is 0. The van der Waals surface area contributed by atoms with E-state index in [1.807, 2.05) is 6.92 Å². The fraction of sp³-hybridized carbons (Fsp3) is 0.278. The van der Waals surface area contributed by atoms with Crippen LogP contribution in [0.5, 0.6) is 5.75 Å². The Hall–Kier alpha value is -2.54. The molecule has 25 heavy (non-hydrogen) atoms. The maximum absolute atomic E-state index is 12.8. The Morgan fingerprint density at radius 2 is 1.92 bits per heavy atom. The Labute approximate surface area is 148 Å².